The van der Waals surface area contributed by atoms with E-state index in [0.29, 0.717) is 12.2 Å². The summed E-state index contributed by atoms with van der Waals surface area (Å²) in [6.45, 7) is 2.26. The molecule has 0 spiro atoms. The average Bonchev–Trinajstić information content (AvgIpc) is 2.34. The van der Waals surface area contributed by atoms with E-state index < -0.39 is 12.0 Å². The highest BCUT2D eigenvalue weighted by Crippen LogP contribution is 2.19. The van der Waals surface area contributed by atoms with Gasteiger partial charge in [-0.3, -0.25) is 0 Å². The number of amides is 2. The third kappa shape index (κ3) is 4.42. The van der Waals surface area contributed by atoms with Crippen LogP contribution in [-0.2, 0) is 0 Å². The molecule has 3 N–H and O–H groups in total. The molecule has 0 aromatic heterocycles. The van der Waals surface area contributed by atoms with Gasteiger partial charge in [0.1, 0.15) is 0 Å². The Morgan fingerprint density at radius 3 is 2.58 bits per heavy atom. The van der Waals surface area contributed by atoms with Crippen molar-refractivity contribution in [2.45, 2.75) is 6.92 Å². The van der Waals surface area contributed by atoms with Crippen molar-refractivity contribution >= 4 is 29.3 Å². The van der Waals surface area contributed by atoms with Crippen LogP contribution in [-0.4, -0.2) is 46.8 Å². The Morgan fingerprint density at radius 2 is 2.05 bits per heavy atom. The Kier molecular flexibility index (Phi) is 5.59. The third-order valence-corrected chi connectivity index (χ3v) is 2.65. The number of nitrogens with zero attached hydrogens (tertiary/aromatic N) is 1. The fourth-order valence-electron chi connectivity index (χ4n) is 1.51. The lowest BCUT2D eigenvalue weighted by Crippen LogP contribution is -2.36. The molecule has 0 atom stereocenters. The fraction of sp³-hybridized carbons (Fsp3) is 0.333. The molecule has 0 aliphatic rings. The molecule has 0 aliphatic carbocycles. The summed E-state index contributed by atoms with van der Waals surface area (Å²) in [5.41, 5.74) is 0.291. The van der Waals surface area contributed by atoms with Crippen LogP contribution in [0.4, 0.5) is 10.5 Å². The number of aliphatic hydroxyl groups excluding tert-OH is 1. The zero-order chi connectivity index (χ0) is 14.4. The van der Waals surface area contributed by atoms with Gasteiger partial charge in [0, 0.05) is 23.8 Å². The maximum Gasteiger partial charge on any atom is 0.335 e. The lowest BCUT2D eigenvalue weighted by Gasteiger charge is -2.20. The fourth-order valence-corrected chi connectivity index (χ4v) is 1.75. The molecule has 1 aromatic rings. The van der Waals surface area contributed by atoms with Crippen molar-refractivity contribution in [3.8, 4) is 0 Å². The van der Waals surface area contributed by atoms with Crippen molar-refractivity contribution in [1.82, 2.24) is 4.90 Å². The number of nitrogens with one attached hydrogen (secondary N) is 1. The summed E-state index contributed by atoms with van der Waals surface area (Å²) in [7, 11) is 0. The van der Waals surface area contributed by atoms with Crippen LogP contribution in [0.5, 0.6) is 0 Å². The molecule has 1 aromatic carbocycles. The molecule has 0 bridgehead atoms. The predicted octanol–water partition coefficient (Wildman–Crippen LogP) is 1.88. The van der Waals surface area contributed by atoms with E-state index in [0.717, 1.165) is 0 Å². The summed E-state index contributed by atoms with van der Waals surface area (Å²) in [4.78, 5) is 24.1. The lowest BCUT2D eigenvalue weighted by molar-refractivity contribution is 0.0697. The number of aromatic carboxylic acids is 1. The van der Waals surface area contributed by atoms with Gasteiger partial charge in [0.05, 0.1) is 12.2 Å². The van der Waals surface area contributed by atoms with Crippen LogP contribution in [0, 0.1) is 0 Å². The van der Waals surface area contributed by atoms with Crippen LogP contribution in [0.25, 0.3) is 0 Å². The molecule has 104 valence electrons. The molecule has 0 aliphatic heterocycles. The number of rotatable bonds is 5. The van der Waals surface area contributed by atoms with Gasteiger partial charge in [0.25, 0.3) is 0 Å². The SMILES string of the molecule is CCN(CCO)C(=O)Nc1cc(Cl)cc(C(=O)O)c1. The van der Waals surface area contributed by atoms with Crippen molar-refractivity contribution < 1.29 is 19.8 Å². The summed E-state index contributed by atoms with van der Waals surface area (Å²) in [6, 6.07) is 3.65. The highest BCUT2D eigenvalue weighted by molar-refractivity contribution is 6.31. The van der Waals surface area contributed by atoms with E-state index in [-0.39, 0.29) is 23.7 Å². The number of hydrogen-bond donors (Lipinski definition) is 3. The maximum atomic E-state index is 11.8. The van der Waals surface area contributed by atoms with E-state index in [4.69, 9.17) is 21.8 Å². The third-order valence-electron chi connectivity index (χ3n) is 2.43. The highest BCUT2D eigenvalue weighted by Gasteiger charge is 2.13. The summed E-state index contributed by atoms with van der Waals surface area (Å²) < 4.78 is 0. The molecule has 0 saturated carbocycles. The monoisotopic (exact) mass is 286 g/mol. The molecule has 1 rings (SSSR count). The smallest absolute Gasteiger partial charge is 0.335 e. The van der Waals surface area contributed by atoms with E-state index in [9.17, 15) is 9.59 Å². The van der Waals surface area contributed by atoms with Gasteiger partial charge in [-0.15, -0.1) is 0 Å². The summed E-state index contributed by atoms with van der Waals surface area (Å²) in [5.74, 6) is -1.12. The van der Waals surface area contributed by atoms with Gasteiger partial charge in [-0.1, -0.05) is 11.6 Å². The number of aliphatic hydroxyl groups is 1. The molecule has 19 heavy (non-hydrogen) atoms. The normalized spacial score (nSPS) is 10.1. The van der Waals surface area contributed by atoms with E-state index >= 15 is 0 Å². The van der Waals surface area contributed by atoms with Gasteiger partial charge in [-0.25, -0.2) is 9.59 Å². The van der Waals surface area contributed by atoms with Gasteiger partial charge >= 0.3 is 12.0 Å². The van der Waals surface area contributed by atoms with Crippen molar-refractivity contribution in [2.24, 2.45) is 0 Å². The average molecular weight is 287 g/mol. The number of hydrogen-bond acceptors (Lipinski definition) is 3. The lowest BCUT2D eigenvalue weighted by atomic mass is 10.2. The second-order valence-corrected chi connectivity index (χ2v) is 4.20. The van der Waals surface area contributed by atoms with Crippen molar-refractivity contribution in [1.29, 1.82) is 0 Å². The van der Waals surface area contributed by atoms with E-state index in [2.05, 4.69) is 5.32 Å². The molecule has 0 unspecified atom stereocenters. The quantitative estimate of drug-likeness (QED) is 0.771. The van der Waals surface area contributed by atoms with Gasteiger partial charge in [0.15, 0.2) is 0 Å². The van der Waals surface area contributed by atoms with Crippen LogP contribution in [0.2, 0.25) is 5.02 Å². The number of benzene rings is 1. The van der Waals surface area contributed by atoms with Crippen molar-refractivity contribution in [3.05, 3.63) is 28.8 Å². The number of halogens is 1. The number of carbonyl (C=O) groups excluding carboxylic acids is 1. The topological polar surface area (TPSA) is 89.9 Å². The minimum atomic E-state index is -1.12. The molecule has 6 nitrogen and oxygen atoms in total. The highest BCUT2D eigenvalue weighted by atomic mass is 35.5. The number of carbonyl (C=O) groups is 2. The molecule has 0 radical (unpaired) electrons. The maximum absolute atomic E-state index is 11.8. The number of carboxylic acid groups (broad SMARTS) is 1. The zero-order valence-electron chi connectivity index (χ0n) is 10.4. The molecule has 2 amide bonds. The van der Waals surface area contributed by atoms with Gasteiger partial charge in [0.2, 0.25) is 0 Å². The molecule has 7 heteroatoms. The molecular formula is C12H15ClN2O4. The standard InChI is InChI=1S/C12H15ClN2O4/c1-2-15(3-4-16)12(19)14-10-6-8(11(17)18)5-9(13)7-10/h5-7,16H,2-4H2,1H3,(H,14,19)(H,17,18). The second kappa shape index (κ2) is 6.96. The van der Waals surface area contributed by atoms with Crippen molar-refractivity contribution in [2.75, 3.05) is 25.0 Å². The summed E-state index contributed by atoms with van der Waals surface area (Å²) in [5, 5.41) is 20.5. The van der Waals surface area contributed by atoms with Crippen LogP contribution in [0.3, 0.4) is 0 Å². The first-order valence-corrected chi connectivity index (χ1v) is 6.06. The molecular weight excluding hydrogens is 272 g/mol. The Balaban J connectivity index is 2.87. The Labute approximate surface area is 115 Å². The van der Waals surface area contributed by atoms with Crippen LogP contribution < -0.4 is 5.32 Å². The Hall–Kier alpha value is -1.79. The van der Waals surface area contributed by atoms with Gasteiger partial charge in [-0.05, 0) is 25.1 Å². The largest absolute Gasteiger partial charge is 0.478 e. The minimum absolute atomic E-state index is 0.00648. The van der Waals surface area contributed by atoms with Crippen LogP contribution >= 0.6 is 11.6 Å². The summed E-state index contributed by atoms with van der Waals surface area (Å²) >= 11 is 5.78. The number of anilines is 1. The Bertz CT molecular complexity index is 479. The minimum Gasteiger partial charge on any atom is -0.478 e. The first-order chi connectivity index (χ1) is 8.97. The molecule has 0 saturated heterocycles. The van der Waals surface area contributed by atoms with E-state index in [1.807, 2.05) is 0 Å². The molecule has 0 fully saturated rings. The Morgan fingerprint density at radius 1 is 1.37 bits per heavy atom. The summed E-state index contributed by atoms with van der Waals surface area (Å²) in [6.07, 6.45) is 0. The number of urea groups is 1. The zero-order valence-corrected chi connectivity index (χ0v) is 11.1. The van der Waals surface area contributed by atoms with E-state index in [1.54, 1.807) is 6.92 Å². The number of carboxylic acids is 1. The second-order valence-electron chi connectivity index (χ2n) is 3.77. The van der Waals surface area contributed by atoms with Gasteiger partial charge < -0.3 is 20.4 Å². The van der Waals surface area contributed by atoms with E-state index in [1.165, 1.54) is 23.1 Å². The number of likely N-dealkylation sites (N-methyl/N-ethyl adjacent to an activating group) is 1. The first-order valence-electron chi connectivity index (χ1n) is 5.68. The first kappa shape index (κ1) is 15.3. The van der Waals surface area contributed by atoms with Crippen molar-refractivity contribution in [3.63, 3.8) is 0 Å². The predicted molar refractivity (Wildman–Crippen MR) is 71.8 cm³/mol. The van der Waals surface area contributed by atoms with Gasteiger partial charge in [-0.2, -0.15) is 0 Å². The molecule has 0 heterocycles. The van der Waals surface area contributed by atoms with Crippen LogP contribution in [0.1, 0.15) is 17.3 Å². The van der Waals surface area contributed by atoms with Crippen LogP contribution in [0.15, 0.2) is 18.2 Å².